The molecule has 0 bridgehead atoms. The minimum Gasteiger partial charge on any atom is -0.507 e. The van der Waals surface area contributed by atoms with Crippen LogP contribution in [0.1, 0.15) is 39.8 Å². The van der Waals surface area contributed by atoms with Gasteiger partial charge in [-0.15, -0.1) is 11.3 Å². The maximum atomic E-state index is 13.9. The zero-order valence-corrected chi connectivity index (χ0v) is 23.2. The van der Waals surface area contributed by atoms with Crippen molar-refractivity contribution in [1.82, 2.24) is 15.3 Å². The van der Waals surface area contributed by atoms with E-state index in [9.17, 15) is 31.5 Å². The van der Waals surface area contributed by atoms with Gasteiger partial charge in [-0.2, -0.15) is 13.2 Å². The normalized spacial score (nSPS) is 13.5. The fraction of sp³-hybridized carbons (Fsp3) is 0.250. The van der Waals surface area contributed by atoms with Crippen LogP contribution in [0.5, 0.6) is 5.75 Å². The number of benzene rings is 2. The Labute approximate surface area is 233 Å². The highest BCUT2D eigenvalue weighted by Gasteiger charge is 2.43. The van der Waals surface area contributed by atoms with Crippen molar-refractivity contribution in [3.63, 3.8) is 0 Å². The molecular weight excluding hydrogens is 563 g/mol. The van der Waals surface area contributed by atoms with E-state index in [1.807, 2.05) is 37.3 Å². The predicted molar refractivity (Wildman–Crippen MR) is 146 cm³/mol. The number of aromatic nitrogens is 2. The van der Waals surface area contributed by atoms with Crippen LogP contribution in [0.3, 0.4) is 0 Å². The average Bonchev–Trinajstić information content (AvgIpc) is 3.34. The van der Waals surface area contributed by atoms with Crippen LogP contribution in [0.4, 0.5) is 13.2 Å². The maximum absolute atomic E-state index is 13.9. The Morgan fingerprint density at radius 2 is 1.70 bits per heavy atom. The smallest absolute Gasteiger partial charge is 0.433 e. The number of alkyl halides is 3. The number of phenols is 1. The second-order valence-corrected chi connectivity index (χ2v) is 12.9. The van der Waals surface area contributed by atoms with Crippen LogP contribution >= 0.6 is 11.3 Å². The number of thiazole rings is 1. The van der Waals surface area contributed by atoms with Crippen LogP contribution in [0, 0.1) is 0 Å². The number of phenolic OH excluding ortho intramolecular Hbond substituents is 1. The highest BCUT2D eigenvalue weighted by molar-refractivity contribution is 7.92. The number of pyridine rings is 1. The molecule has 2 heterocycles. The Balaban J connectivity index is 1.73. The summed E-state index contributed by atoms with van der Waals surface area (Å²) >= 11 is 1.34. The fourth-order valence-corrected chi connectivity index (χ4v) is 7.03. The van der Waals surface area contributed by atoms with Gasteiger partial charge in [0.2, 0.25) is 0 Å². The zero-order valence-electron chi connectivity index (χ0n) is 21.6. The lowest BCUT2D eigenvalue weighted by Crippen LogP contribution is -2.48. The SMILES string of the molecule is CCc1sc(CC(C)(CNC(=O)c2ccccc2O)S(=O)(=O)c2ccc(C(F)(F)F)nc2)nc1-c1ccccc1. The standard InChI is InChI=1S/C28H26F3N3O4S2/c1-3-22-25(18-9-5-4-6-10-18)34-24(39-22)15-27(2,17-33-26(36)20-11-7-8-12-21(20)35)40(37,38)19-13-14-23(32-16-19)28(29,30)31/h4-14,16,35H,3,15,17H2,1-2H3,(H,33,36). The van der Waals surface area contributed by atoms with Crippen molar-refractivity contribution in [2.45, 2.75) is 42.5 Å². The third-order valence-corrected chi connectivity index (χ3v) is 10.0. The lowest BCUT2D eigenvalue weighted by molar-refractivity contribution is -0.141. The van der Waals surface area contributed by atoms with E-state index < -0.39 is 43.8 Å². The predicted octanol–water partition coefficient (Wildman–Crippen LogP) is 5.70. The molecule has 0 fully saturated rings. The Hall–Kier alpha value is -3.77. The number of amides is 1. The molecule has 1 unspecified atom stereocenters. The van der Waals surface area contributed by atoms with Crippen LogP contribution in [-0.2, 0) is 28.9 Å². The molecule has 1 atom stereocenters. The van der Waals surface area contributed by atoms with Crippen LogP contribution in [0.2, 0.25) is 0 Å². The minimum absolute atomic E-state index is 0.0488. The number of rotatable bonds is 9. The van der Waals surface area contributed by atoms with E-state index in [-0.39, 0.29) is 17.7 Å². The van der Waals surface area contributed by atoms with Gasteiger partial charge in [0.05, 0.1) is 25.9 Å². The summed E-state index contributed by atoms with van der Waals surface area (Å²) in [5.41, 5.74) is 0.317. The number of halogens is 3. The second-order valence-electron chi connectivity index (χ2n) is 9.31. The van der Waals surface area contributed by atoms with Gasteiger partial charge in [-0.1, -0.05) is 49.4 Å². The number of carbonyl (C=O) groups excluding carboxylic acids is 1. The number of hydrogen-bond donors (Lipinski definition) is 2. The van der Waals surface area contributed by atoms with Crippen molar-refractivity contribution in [3.05, 3.63) is 94.1 Å². The molecule has 1 amide bonds. The van der Waals surface area contributed by atoms with Crippen LogP contribution in [-0.4, -0.2) is 40.7 Å². The van der Waals surface area contributed by atoms with Gasteiger partial charge < -0.3 is 10.4 Å². The molecule has 2 aromatic carbocycles. The molecule has 0 spiro atoms. The van der Waals surface area contributed by atoms with Crippen molar-refractivity contribution in [2.24, 2.45) is 0 Å². The van der Waals surface area contributed by atoms with Gasteiger partial charge in [0.15, 0.2) is 9.84 Å². The van der Waals surface area contributed by atoms with Gasteiger partial charge in [-0.05, 0) is 37.6 Å². The Morgan fingerprint density at radius 1 is 1.02 bits per heavy atom. The molecule has 12 heteroatoms. The monoisotopic (exact) mass is 589 g/mol. The summed E-state index contributed by atoms with van der Waals surface area (Å²) in [6.45, 7) is 2.95. The lowest BCUT2D eigenvalue weighted by atomic mass is 10.1. The molecule has 2 aromatic heterocycles. The molecule has 0 saturated carbocycles. The minimum atomic E-state index is -4.73. The largest absolute Gasteiger partial charge is 0.507 e. The summed E-state index contributed by atoms with van der Waals surface area (Å²) in [5, 5.41) is 13.1. The van der Waals surface area contributed by atoms with Crippen molar-refractivity contribution < 1.29 is 31.5 Å². The molecule has 0 aliphatic carbocycles. The number of nitrogens with one attached hydrogen (secondary N) is 1. The molecule has 4 rings (SSSR count). The molecular formula is C28H26F3N3O4S2. The highest BCUT2D eigenvalue weighted by atomic mass is 32.2. The molecule has 40 heavy (non-hydrogen) atoms. The maximum Gasteiger partial charge on any atom is 0.433 e. The average molecular weight is 590 g/mol. The Morgan fingerprint density at radius 3 is 2.30 bits per heavy atom. The van der Waals surface area contributed by atoms with E-state index in [0.717, 1.165) is 22.2 Å². The van der Waals surface area contributed by atoms with Crippen molar-refractivity contribution in [3.8, 4) is 17.0 Å². The molecule has 7 nitrogen and oxygen atoms in total. The first-order valence-electron chi connectivity index (χ1n) is 12.2. The molecule has 4 aromatic rings. The molecule has 0 saturated heterocycles. The number of nitrogens with zero attached hydrogens (tertiary/aromatic N) is 2. The Kier molecular flexibility index (Phi) is 8.31. The summed E-state index contributed by atoms with van der Waals surface area (Å²) < 4.78 is 65.3. The van der Waals surface area contributed by atoms with Crippen molar-refractivity contribution >= 4 is 27.1 Å². The zero-order chi connectivity index (χ0) is 29.1. The van der Waals surface area contributed by atoms with Gasteiger partial charge in [0, 0.05) is 29.6 Å². The van der Waals surface area contributed by atoms with Gasteiger partial charge in [-0.25, -0.2) is 13.4 Å². The number of sulfone groups is 1. The first-order chi connectivity index (χ1) is 18.9. The van der Waals surface area contributed by atoms with E-state index >= 15 is 0 Å². The van der Waals surface area contributed by atoms with E-state index in [1.165, 1.54) is 36.5 Å². The third-order valence-electron chi connectivity index (χ3n) is 6.39. The fourth-order valence-electron chi connectivity index (χ4n) is 4.13. The summed E-state index contributed by atoms with van der Waals surface area (Å²) in [4.78, 5) is 21.4. The molecule has 0 aliphatic rings. The number of para-hydroxylation sites is 1. The topological polar surface area (TPSA) is 109 Å². The van der Waals surface area contributed by atoms with Crippen molar-refractivity contribution in [2.75, 3.05) is 6.54 Å². The van der Waals surface area contributed by atoms with Crippen molar-refractivity contribution in [1.29, 1.82) is 0 Å². The van der Waals surface area contributed by atoms with E-state index in [2.05, 4.69) is 10.3 Å². The molecule has 0 aliphatic heterocycles. The van der Waals surface area contributed by atoms with Crippen LogP contribution in [0.25, 0.3) is 11.3 Å². The summed E-state index contributed by atoms with van der Waals surface area (Å²) in [6.07, 6.45) is -3.54. The number of aryl methyl sites for hydroxylation is 1. The lowest BCUT2D eigenvalue weighted by Gasteiger charge is -2.29. The third kappa shape index (κ3) is 6.02. The van der Waals surface area contributed by atoms with Gasteiger partial charge in [-0.3, -0.25) is 9.78 Å². The highest BCUT2D eigenvalue weighted by Crippen LogP contribution is 2.35. The van der Waals surface area contributed by atoms with Gasteiger partial charge >= 0.3 is 6.18 Å². The first kappa shape index (κ1) is 29.2. The quantitative estimate of drug-likeness (QED) is 0.259. The summed E-state index contributed by atoms with van der Waals surface area (Å²) in [5.74, 6) is -0.986. The molecule has 0 radical (unpaired) electrons. The van der Waals surface area contributed by atoms with Crippen LogP contribution in [0.15, 0.2) is 77.8 Å². The second kappa shape index (κ2) is 11.4. The van der Waals surface area contributed by atoms with Gasteiger partial charge in [0.25, 0.3) is 5.91 Å². The first-order valence-corrected chi connectivity index (χ1v) is 14.5. The van der Waals surface area contributed by atoms with E-state index in [4.69, 9.17) is 4.98 Å². The summed E-state index contributed by atoms with van der Waals surface area (Å²) in [7, 11) is -4.36. The number of hydrogen-bond acceptors (Lipinski definition) is 7. The van der Waals surface area contributed by atoms with E-state index in [0.29, 0.717) is 23.7 Å². The van der Waals surface area contributed by atoms with Crippen LogP contribution < -0.4 is 5.32 Å². The number of aromatic hydroxyl groups is 1. The molecule has 210 valence electrons. The number of carbonyl (C=O) groups is 1. The summed E-state index contributed by atoms with van der Waals surface area (Å²) in [6, 6.07) is 16.7. The van der Waals surface area contributed by atoms with E-state index in [1.54, 1.807) is 6.07 Å². The molecule has 2 N–H and O–H groups in total. The Bertz CT molecular complexity index is 1610. The van der Waals surface area contributed by atoms with Gasteiger partial charge in [0.1, 0.15) is 11.4 Å².